The van der Waals surface area contributed by atoms with Crippen LogP contribution < -0.4 is 16.0 Å². The number of rotatable bonds is 5. The molecule has 0 aromatic carbocycles. The van der Waals surface area contributed by atoms with Crippen molar-refractivity contribution in [2.75, 3.05) is 26.6 Å². The molecule has 0 aliphatic carbocycles. The number of phosphoric acid groups is 1. The molecular weight excluding hydrogens is 353 g/mol. The first kappa shape index (κ1) is 17.0. The van der Waals surface area contributed by atoms with Crippen molar-refractivity contribution in [2.24, 2.45) is 5.92 Å². The second-order valence-electron chi connectivity index (χ2n) is 6.39. The van der Waals surface area contributed by atoms with Crippen LogP contribution in [0.5, 0.6) is 0 Å². The van der Waals surface area contributed by atoms with Crippen LogP contribution in [0.3, 0.4) is 0 Å². The molecule has 0 bridgehead atoms. The lowest BCUT2D eigenvalue weighted by molar-refractivity contribution is -0.0618. The maximum absolute atomic E-state index is 10.9. The monoisotopic (exact) mass is 375 g/mol. The highest BCUT2D eigenvalue weighted by molar-refractivity contribution is 7.46. The van der Waals surface area contributed by atoms with E-state index in [-0.39, 0.29) is 31.5 Å². The van der Waals surface area contributed by atoms with E-state index in [4.69, 9.17) is 14.5 Å². The zero-order chi connectivity index (χ0) is 17.6. The molecule has 0 aromatic rings. The quantitative estimate of drug-likeness (QED) is 0.301. The number of fused-ring (bicyclic) bond motifs is 2. The fourth-order valence-electron chi connectivity index (χ4n) is 3.65. The van der Waals surface area contributed by atoms with Gasteiger partial charge in [-0.15, -0.1) is 0 Å². The third-order valence-corrected chi connectivity index (χ3v) is 5.37. The molecule has 1 saturated heterocycles. The van der Waals surface area contributed by atoms with Gasteiger partial charge in [0.1, 0.15) is 18.2 Å². The van der Waals surface area contributed by atoms with Crippen LogP contribution in [0.25, 0.3) is 0 Å². The molecule has 11 nitrogen and oxygen atoms in total. The van der Waals surface area contributed by atoms with Crippen LogP contribution in [-0.4, -0.2) is 69.7 Å². The highest BCUT2D eigenvalue weighted by Gasteiger charge is 2.44. The van der Waals surface area contributed by atoms with E-state index in [0.717, 1.165) is 11.5 Å². The molecule has 0 radical (unpaired) electrons. The summed E-state index contributed by atoms with van der Waals surface area (Å²) in [5, 5.41) is 19.6. The Morgan fingerprint density at radius 1 is 1.36 bits per heavy atom. The number of hydrogen-bond donors (Lipinski definition) is 6. The van der Waals surface area contributed by atoms with E-state index in [1.54, 1.807) is 0 Å². The van der Waals surface area contributed by atoms with Crippen LogP contribution in [0, 0.1) is 5.92 Å². The molecule has 25 heavy (non-hydrogen) atoms. The lowest BCUT2D eigenvalue weighted by Gasteiger charge is -2.35. The maximum Gasteiger partial charge on any atom is 0.469 e. The predicted molar refractivity (Wildman–Crippen MR) is 84.6 cm³/mol. The van der Waals surface area contributed by atoms with Crippen molar-refractivity contribution in [3.8, 4) is 0 Å². The molecule has 12 heteroatoms. The van der Waals surface area contributed by atoms with Gasteiger partial charge < -0.3 is 45.4 Å². The van der Waals surface area contributed by atoms with Crippen molar-refractivity contribution in [3.63, 3.8) is 0 Å². The van der Waals surface area contributed by atoms with Crippen molar-refractivity contribution < 1.29 is 28.7 Å². The van der Waals surface area contributed by atoms with Crippen LogP contribution in [-0.2, 0) is 13.8 Å². The molecule has 4 rings (SSSR count). The third-order valence-electron chi connectivity index (χ3n) is 4.89. The minimum Gasteiger partial charge on any atom is -0.396 e. The molecule has 4 atom stereocenters. The Kier molecular flexibility index (Phi) is 4.30. The molecule has 4 aliphatic rings. The second kappa shape index (κ2) is 6.35. The molecule has 0 spiro atoms. The maximum atomic E-state index is 10.9. The summed E-state index contributed by atoms with van der Waals surface area (Å²) in [5.41, 5.74) is 1.02. The first-order valence-corrected chi connectivity index (χ1v) is 9.63. The van der Waals surface area contributed by atoms with Crippen molar-refractivity contribution in [3.05, 3.63) is 23.9 Å². The van der Waals surface area contributed by atoms with Crippen LogP contribution in [0.1, 0.15) is 6.42 Å². The van der Waals surface area contributed by atoms with Crippen molar-refractivity contribution in [1.82, 2.24) is 25.8 Å². The summed E-state index contributed by atoms with van der Waals surface area (Å²) in [4.78, 5) is 21.9. The first-order chi connectivity index (χ1) is 12.0. The van der Waals surface area contributed by atoms with E-state index in [9.17, 15) is 9.67 Å². The van der Waals surface area contributed by atoms with Gasteiger partial charge in [-0.2, -0.15) is 0 Å². The summed E-state index contributed by atoms with van der Waals surface area (Å²) in [7, 11) is -4.57. The topological polar surface area (TPSA) is 139 Å². The van der Waals surface area contributed by atoms with E-state index in [0.29, 0.717) is 19.8 Å². The Labute approximate surface area is 144 Å². The lowest BCUT2D eigenvalue weighted by Crippen LogP contribution is -2.50. The van der Waals surface area contributed by atoms with Crippen LogP contribution in [0.15, 0.2) is 23.9 Å². The summed E-state index contributed by atoms with van der Waals surface area (Å²) in [6.07, 6.45) is 3.61. The molecular formula is C13H22N5O6P. The molecule has 0 saturated carbocycles. The molecule has 4 heterocycles. The minimum absolute atomic E-state index is 0.0603. The average Bonchev–Trinajstić information content (AvgIpc) is 3.27. The van der Waals surface area contributed by atoms with Crippen LogP contribution >= 0.6 is 7.82 Å². The number of hydrogen-bond acceptors (Lipinski definition) is 9. The molecule has 6 N–H and O–H groups in total. The first-order valence-electron chi connectivity index (χ1n) is 8.09. The van der Waals surface area contributed by atoms with E-state index < -0.39 is 13.9 Å². The highest BCUT2D eigenvalue weighted by Crippen LogP contribution is 2.39. The van der Waals surface area contributed by atoms with Crippen molar-refractivity contribution in [1.29, 1.82) is 0 Å². The van der Waals surface area contributed by atoms with E-state index in [2.05, 4.69) is 25.4 Å². The van der Waals surface area contributed by atoms with Gasteiger partial charge in [-0.1, -0.05) is 0 Å². The van der Waals surface area contributed by atoms with E-state index >= 15 is 0 Å². The van der Waals surface area contributed by atoms with Crippen molar-refractivity contribution in [2.45, 2.75) is 24.9 Å². The fourth-order valence-corrected chi connectivity index (χ4v) is 3.99. The van der Waals surface area contributed by atoms with Gasteiger partial charge in [0.25, 0.3) is 0 Å². The van der Waals surface area contributed by atoms with Gasteiger partial charge in [0, 0.05) is 24.9 Å². The molecule has 4 aliphatic heterocycles. The van der Waals surface area contributed by atoms with Gasteiger partial charge in [-0.25, -0.2) is 4.57 Å². The molecule has 1 fully saturated rings. The fraction of sp³-hybridized carbons (Fsp3) is 0.692. The van der Waals surface area contributed by atoms with E-state index in [1.807, 2.05) is 17.3 Å². The number of nitrogens with one attached hydrogen (secondary N) is 3. The van der Waals surface area contributed by atoms with Gasteiger partial charge in [0.05, 0.1) is 31.7 Å². The molecule has 0 amide bonds. The predicted octanol–water partition coefficient (Wildman–Crippen LogP) is -1.89. The highest BCUT2D eigenvalue weighted by atomic mass is 31.2. The van der Waals surface area contributed by atoms with E-state index in [1.165, 1.54) is 0 Å². The van der Waals surface area contributed by atoms with Crippen LogP contribution in [0.4, 0.5) is 0 Å². The summed E-state index contributed by atoms with van der Waals surface area (Å²) < 4.78 is 21.4. The zero-order valence-electron chi connectivity index (χ0n) is 13.4. The summed E-state index contributed by atoms with van der Waals surface area (Å²) in [6.45, 7) is 0.827. The van der Waals surface area contributed by atoms with Crippen LogP contribution in [0.2, 0.25) is 0 Å². The molecule has 140 valence electrons. The number of ether oxygens (including phenoxy) is 1. The van der Waals surface area contributed by atoms with Gasteiger partial charge in [0.15, 0.2) is 0 Å². The largest absolute Gasteiger partial charge is 0.469 e. The SMILES string of the molecule is O=P(O)(O)OCC1O[C@@H](N2CNC3=C2NCN2C=CNC32)CC1CO. The number of aliphatic hydroxyl groups excluding tert-OH is 1. The number of aliphatic hydroxyl groups is 1. The van der Waals surface area contributed by atoms with Gasteiger partial charge in [-0.3, -0.25) is 4.52 Å². The lowest BCUT2D eigenvalue weighted by atomic mass is 10.0. The summed E-state index contributed by atoms with van der Waals surface area (Å²) in [5.74, 6) is 0.697. The zero-order valence-corrected chi connectivity index (χ0v) is 14.3. The van der Waals surface area contributed by atoms with Gasteiger partial charge in [-0.05, 0) is 6.42 Å². The minimum atomic E-state index is -4.57. The molecule has 0 aromatic heterocycles. The third kappa shape index (κ3) is 3.19. The Balaban J connectivity index is 1.45. The Morgan fingerprint density at radius 2 is 2.20 bits per heavy atom. The smallest absolute Gasteiger partial charge is 0.396 e. The number of phosphoric ester groups is 1. The summed E-state index contributed by atoms with van der Waals surface area (Å²) >= 11 is 0. The Bertz CT molecular complexity index is 638. The number of nitrogens with zero attached hydrogens (tertiary/aromatic N) is 2. The van der Waals surface area contributed by atoms with Gasteiger partial charge in [0.2, 0.25) is 0 Å². The summed E-state index contributed by atoms with van der Waals surface area (Å²) in [6, 6.07) is 0. The second-order valence-corrected chi connectivity index (χ2v) is 7.63. The normalized spacial score (nSPS) is 33.9. The Morgan fingerprint density at radius 3 is 2.96 bits per heavy atom. The molecule has 3 unspecified atom stereocenters. The van der Waals surface area contributed by atoms with Crippen molar-refractivity contribution >= 4 is 7.82 Å². The Hall–Kier alpha value is -1.49. The standard InChI is InChI=1S/C13H22N5O6P/c19-4-8-3-10(24-9(8)5-23-25(20,21)22)18-7-15-11-12-14-1-2-17(12)6-16-13(11)18/h1-2,8-10,12,14-16,19H,3-7H2,(H2,20,21,22)/t8?,9?,10-,12?/m1/s1. The average molecular weight is 375 g/mol. The van der Waals surface area contributed by atoms with Gasteiger partial charge >= 0.3 is 7.82 Å².